The van der Waals surface area contributed by atoms with Gasteiger partial charge in [-0.15, -0.1) is 0 Å². The third-order valence-electron chi connectivity index (χ3n) is 2.57. The summed E-state index contributed by atoms with van der Waals surface area (Å²) in [7, 11) is 0. The van der Waals surface area contributed by atoms with E-state index in [4.69, 9.17) is 20.3 Å². The quantitative estimate of drug-likeness (QED) is 0.843. The van der Waals surface area contributed by atoms with E-state index in [-0.39, 0.29) is 6.54 Å². The van der Waals surface area contributed by atoms with E-state index in [2.05, 4.69) is 0 Å². The fourth-order valence-corrected chi connectivity index (χ4v) is 1.57. The topological polar surface area (TPSA) is 81.8 Å². The van der Waals surface area contributed by atoms with Crippen LogP contribution in [-0.4, -0.2) is 23.7 Å². The van der Waals surface area contributed by atoms with E-state index in [9.17, 15) is 4.79 Å². The number of ether oxygens (including phenoxy) is 2. The van der Waals surface area contributed by atoms with Gasteiger partial charge in [0.25, 0.3) is 0 Å². The van der Waals surface area contributed by atoms with Gasteiger partial charge in [-0.2, -0.15) is 0 Å². The summed E-state index contributed by atoms with van der Waals surface area (Å²) in [5.41, 5.74) is 5.32. The molecule has 0 fully saturated rings. The first-order valence-electron chi connectivity index (χ1n) is 6.11. The van der Waals surface area contributed by atoms with Crippen LogP contribution in [0.2, 0.25) is 0 Å². The maximum Gasteiger partial charge on any atom is 0.346 e. The molecule has 0 aliphatic heterocycles. The van der Waals surface area contributed by atoms with Gasteiger partial charge in [0.1, 0.15) is 17.2 Å². The lowest BCUT2D eigenvalue weighted by atomic mass is 10.3. The van der Waals surface area contributed by atoms with Crippen molar-refractivity contribution in [2.75, 3.05) is 6.54 Å². The summed E-state index contributed by atoms with van der Waals surface area (Å²) in [6.07, 6.45) is -1.05. The zero-order valence-corrected chi connectivity index (χ0v) is 10.7. The highest BCUT2D eigenvalue weighted by atomic mass is 16.5. The lowest BCUT2D eigenvalue weighted by molar-refractivity contribution is -0.144. The van der Waals surface area contributed by atoms with Crippen LogP contribution in [0.25, 0.3) is 0 Å². The first kappa shape index (κ1) is 13.9. The molecule has 2 aromatic carbocycles. The molecule has 1 unspecified atom stereocenters. The summed E-state index contributed by atoms with van der Waals surface area (Å²) >= 11 is 0. The second-order valence-corrected chi connectivity index (χ2v) is 4.07. The van der Waals surface area contributed by atoms with Gasteiger partial charge in [0, 0.05) is 6.54 Å². The van der Waals surface area contributed by atoms with Gasteiger partial charge < -0.3 is 20.3 Å². The highest BCUT2D eigenvalue weighted by Gasteiger charge is 2.16. The summed E-state index contributed by atoms with van der Waals surface area (Å²) in [6.45, 7) is -0.0857. The molecular formula is C15H15NO4. The van der Waals surface area contributed by atoms with Gasteiger partial charge in [-0.05, 0) is 36.4 Å². The third-order valence-corrected chi connectivity index (χ3v) is 2.57. The molecule has 5 heteroatoms. The number of nitrogens with two attached hydrogens (primary N) is 1. The van der Waals surface area contributed by atoms with Crippen molar-refractivity contribution in [2.45, 2.75) is 6.10 Å². The first-order chi connectivity index (χ1) is 9.69. The maximum absolute atomic E-state index is 10.8. The highest BCUT2D eigenvalue weighted by Crippen LogP contribution is 2.23. The lowest BCUT2D eigenvalue weighted by Crippen LogP contribution is -2.34. The van der Waals surface area contributed by atoms with Gasteiger partial charge in [0.05, 0.1) is 0 Å². The summed E-state index contributed by atoms with van der Waals surface area (Å²) in [5, 5.41) is 8.85. The molecule has 5 nitrogen and oxygen atoms in total. The van der Waals surface area contributed by atoms with Crippen molar-refractivity contribution < 1.29 is 19.4 Å². The van der Waals surface area contributed by atoms with Crippen LogP contribution in [0.5, 0.6) is 17.2 Å². The Morgan fingerprint density at radius 3 is 2.10 bits per heavy atom. The minimum absolute atomic E-state index is 0.0857. The van der Waals surface area contributed by atoms with Crippen molar-refractivity contribution in [2.24, 2.45) is 5.73 Å². The van der Waals surface area contributed by atoms with E-state index in [0.717, 1.165) is 5.75 Å². The molecule has 0 saturated heterocycles. The maximum atomic E-state index is 10.8. The molecule has 20 heavy (non-hydrogen) atoms. The van der Waals surface area contributed by atoms with E-state index in [1.54, 1.807) is 24.3 Å². The lowest BCUT2D eigenvalue weighted by Gasteiger charge is -2.13. The zero-order valence-electron chi connectivity index (χ0n) is 10.7. The molecule has 2 aromatic rings. The van der Waals surface area contributed by atoms with Crippen LogP contribution in [0.1, 0.15) is 0 Å². The Balaban J connectivity index is 2.01. The molecule has 0 heterocycles. The highest BCUT2D eigenvalue weighted by molar-refractivity contribution is 5.73. The Morgan fingerprint density at radius 2 is 1.55 bits per heavy atom. The van der Waals surface area contributed by atoms with Crippen LogP contribution < -0.4 is 15.2 Å². The van der Waals surface area contributed by atoms with Gasteiger partial charge in [-0.25, -0.2) is 4.79 Å². The predicted octanol–water partition coefficient (Wildman–Crippen LogP) is 2.27. The Labute approximate surface area is 116 Å². The smallest absolute Gasteiger partial charge is 0.346 e. The van der Waals surface area contributed by atoms with E-state index >= 15 is 0 Å². The SMILES string of the molecule is NCC(Oc1ccc(Oc2ccccc2)cc1)C(=O)O. The fourth-order valence-electron chi connectivity index (χ4n) is 1.57. The van der Waals surface area contributed by atoms with E-state index in [1.165, 1.54) is 0 Å². The summed E-state index contributed by atoms with van der Waals surface area (Å²) in [4.78, 5) is 10.8. The van der Waals surface area contributed by atoms with E-state index in [0.29, 0.717) is 11.5 Å². The Bertz CT molecular complexity index is 554. The number of carboxylic acid groups (broad SMARTS) is 1. The number of benzene rings is 2. The first-order valence-corrected chi connectivity index (χ1v) is 6.11. The Morgan fingerprint density at radius 1 is 1.00 bits per heavy atom. The molecule has 0 radical (unpaired) electrons. The number of carboxylic acids is 1. The van der Waals surface area contributed by atoms with Crippen LogP contribution in [0.4, 0.5) is 0 Å². The van der Waals surface area contributed by atoms with Gasteiger partial charge in [-0.3, -0.25) is 0 Å². The van der Waals surface area contributed by atoms with Crippen LogP contribution in [0.15, 0.2) is 54.6 Å². The molecule has 104 valence electrons. The number of carbonyl (C=O) groups is 1. The van der Waals surface area contributed by atoms with Gasteiger partial charge in [0.2, 0.25) is 6.10 Å². The third kappa shape index (κ3) is 3.73. The molecule has 1 atom stereocenters. The van der Waals surface area contributed by atoms with Crippen molar-refractivity contribution in [1.82, 2.24) is 0 Å². The summed E-state index contributed by atoms with van der Waals surface area (Å²) in [6, 6.07) is 16.1. The summed E-state index contributed by atoms with van der Waals surface area (Å²) < 4.78 is 10.9. The summed E-state index contributed by atoms with van der Waals surface area (Å²) in [5.74, 6) is 0.718. The van der Waals surface area contributed by atoms with Crippen molar-refractivity contribution in [3.05, 3.63) is 54.6 Å². The molecular weight excluding hydrogens is 258 g/mol. The van der Waals surface area contributed by atoms with Gasteiger partial charge in [0.15, 0.2) is 0 Å². The average Bonchev–Trinajstić information content (AvgIpc) is 2.47. The average molecular weight is 273 g/mol. The van der Waals surface area contributed by atoms with Crippen LogP contribution in [0.3, 0.4) is 0 Å². The second-order valence-electron chi connectivity index (χ2n) is 4.07. The van der Waals surface area contributed by atoms with E-state index < -0.39 is 12.1 Å². The fraction of sp³-hybridized carbons (Fsp3) is 0.133. The molecule has 0 bridgehead atoms. The van der Waals surface area contributed by atoms with Gasteiger partial charge in [-0.1, -0.05) is 18.2 Å². The number of hydrogen-bond donors (Lipinski definition) is 2. The van der Waals surface area contributed by atoms with E-state index in [1.807, 2.05) is 30.3 Å². The zero-order chi connectivity index (χ0) is 14.4. The minimum Gasteiger partial charge on any atom is -0.478 e. The molecule has 0 aliphatic carbocycles. The minimum atomic E-state index is -1.09. The van der Waals surface area contributed by atoms with Crippen molar-refractivity contribution in [3.63, 3.8) is 0 Å². The molecule has 0 amide bonds. The van der Waals surface area contributed by atoms with Crippen molar-refractivity contribution in [1.29, 1.82) is 0 Å². The monoisotopic (exact) mass is 273 g/mol. The molecule has 0 aromatic heterocycles. The van der Waals surface area contributed by atoms with Crippen molar-refractivity contribution in [3.8, 4) is 17.2 Å². The van der Waals surface area contributed by atoms with Crippen molar-refractivity contribution >= 4 is 5.97 Å². The second kappa shape index (κ2) is 6.58. The molecule has 0 spiro atoms. The van der Waals surface area contributed by atoms with Crippen LogP contribution in [0, 0.1) is 0 Å². The van der Waals surface area contributed by atoms with Crippen LogP contribution >= 0.6 is 0 Å². The Kier molecular flexibility index (Phi) is 4.57. The van der Waals surface area contributed by atoms with Gasteiger partial charge >= 0.3 is 5.97 Å². The Hall–Kier alpha value is -2.53. The largest absolute Gasteiger partial charge is 0.478 e. The number of para-hydroxylation sites is 1. The molecule has 0 saturated carbocycles. The van der Waals surface area contributed by atoms with Crippen LogP contribution in [-0.2, 0) is 4.79 Å². The molecule has 0 aliphatic rings. The standard InChI is InChI=1S/C15H15NO4/c16-10-14(15(17)18)20-13-8-6-12(7-9-13)19-11-4-2-1-3-5-11/h1-9,14H,10,16H2,(H,17,18). The molecule has 2 rings (SSSR count). The normalized spacial score (nSPS) is 11.7. The number of hydrogen-bond acceptors (Lipinski definition) is 4. The molecule has 3 N–H and O–H groups in total. The predicted molar refractivity (Wildman–Crippen MR) is 74.1 cm³/mol. The number of aliphatic carboxylic acids is 1. The number of rotatable bonds is 6.